The van der Waals surface area contributed by atoms with E-state index in [1.54, 1.807) is 18.5 Å². The Kier molecular flexibility index (Phi) is 6.77. The fourth-order valence-electron chi connectivity index (χ4n) is 4.51. The number of anilines is 2. The molecule has 0 bridgehead atoms. The molecule has 0 aliphatic heterocycles. The Morgan fingerprint density at radius 3 is 2.86 bits per heavy atom. The van der Waals surface area contributed by atoms with Crippen LogP contribution in [-0.2, 0) is 18.9 Å². The van der Waals surface area contributed by atoms with Crippen molar-refractivity contribution in [3.05, 3.63) is 59.6 Å². The Bertz CT molecular complexity index is 1410. The van der Waals surface area contributed by atoms with E-state index < -0.39 is 12.1 Å². The molecule has 4 aromatic rings. The number of rotatable bonds is 8. The van der Waals surface area contributed by atoms with E-state index in [0.717, 1.165) is 36.8 Å². The normalized spacial score (nSPS) is 15.7. The number of nitrogens with zero attached hydrogens (tertiary/aromatic N) is 7. The van der Waals surface area contributed by atoms with Crippen LogP contribution < -0.4 is 5.32 Å². The molecule has 1 aliphatic rings. The Morgan fingerprint density at radius 1 is 1.22 bits per heavy atom. The molecule has 192 valence electrons. The summed E-state index contributed by atoms with van der Waals surface area (Å²) in [5.41, 5.74) is 2.29. The highest BCUT2D eigenvalue weighted by molar-refractivity contribution is 5.93. The molecule has 3 heterocycles. The lowest BCUT2D eigenvalue weighted by molar-refractivity contribution is 0.0959. The number of carbonyl (C=O) groups excluding carboxylic acids is 1. The third-order valence-corrected chi connectivity index (χ3v) is 6.64. The van der Waals surface area contributed by atoms with Crippen molar-refractivity contribution in [3.63, 3.8) is 0 Å². The first-order valence-electron chi connectivity index (χ1n) is 12.3. The van der Waals surface area contributed by atoms with Crippen molar-refractivity contribution in [1.82, 2.24) is 34.9 Å². The van der Waals surface area contributed by atoms with Gasteiger partial charge in [-0.15, -0.1) is 0 Å². The van der Waals surface area contributed by atoms with Gasteiger partial charge in [0.1, 0.15) is 13.0 Å². The molecular formula is C26H29FN8O2. The molecule has 11 heteroatoms. The van der Waals surface area contributed by atoms with Gasteiger partial charge >= 0.3 is 0 Å². The summed E-state index contributed by atoms with van der Waals surface area (Å²) in [6, 6.07) is 7.99. The zero-order valence-corrected chi connectivity index (χ0v) is 21.1. The molecule has 3 aromatic heterocycles. The molecule has 37 heavy (non-hydrogen) atoms. The van der Waals surface area contributed by atoms with Gasteiger partial charge in [-0.1, -0.05) is 23.7 Å². The van der Waals surface area contributed by atoms with Gasteiger partial charge in [0.05, 0.1) is 5.41 Å². The zero-order valence-electron chi connectivity index (χ0n) is 21.1. The van der Waals surface area contributed by atoms with Gasteiger partial charge in [0.15, 0.2) is 11.6 Å². The summed E-state index contributed by atoms with van der Waals surface area (Å²) in [6.45, 7) is 2.68. The molecule has 0 amide bonds. The molecule has 5 rings (SSSR count). The molecule has 1 aliphatic carbocycles. The number of fused-ring (bicyclic) bond motifs is 1. The average Bonchev–Trinajstić information content (AvgIpc) is 3.51. The summed E-state index contributed by atoms with van der Waals surface area (Å²) < 4.78 is 20.2. The van der Waals surface area contributed by atoms with Crippen LogP contribution in [0.4, 0.5) is 16.2 Å². The number of Topliss-reactive ketones (excluding diaryl/α,β-unsaturated/α-hetero) is 1. The Morgan fingerprint density at radius 2 is 2.08 bits per heavy atom. The summed E-state index contributed by atoms with van der Waals surface area (Å²) >= 11 is 0. The standard InChI is InChI=1S/C26H29FN8O2/c1-26(2,14-27)24-31-23(34-37-24)20(36)13-17-7-5-4-6-16-12-18(8-9-19(16)17)22-28-15-29-25(32-22)30-21-10-11-35(3)33-21/h8-12,15,17H,4-7,13-14H2,1-3H3,(H,28,29,30,32,33)/t17-/m0/s1. The lowest BCUT2D eigenvalue weighted by atomic mass is 9.87. The number of aryl methyl sites for hydroxylation is 2. The van der Waals surface area contributed by atoms with Crippen LogP contribution in [0.5, 0.6) is 0 Å². The first-order chi connectivity index (χ1) is 17.8. The highest BCUT2D eigenvalue weighted by Crippen LogP contribution is 2.35. The zero-order chi connectivity index (χ0) is 26.0. The van der Waals surface area contributed by atoms with Crippen LogP contribution in [0.25, 0.3) is 11.4 Å². The van der Waals surface area contributed by atoms with Crippen molar-refractivity contribution in [2.45, 2.75) is 57.3 Å². The van der Waals surface area contributed by atoms with E-state index in [4.69, 9.17) is 4.52 Å². The topological polar surface area (TPSA) is 125 Å². The van der Waals surface area contributed by atoms with E-state index in [0.29, 0.717) is 17.6 Å². The second kappa shape index (κ2) is 10.2. The molecular weight excluding hydrogens is 475 g/mol. The monoisotopic (exact) mass is 504 g/mol. The van der Waals surface area contributed by atoms with Crippen molar-refractivity contribution in [1.29, 1.82) is 0 Å². The molecule has 0 unspecified atom stereocenters. The van der Waals surface area contributed by atoms with Gasteiger partial charge in [-0.3, -0.25) is 9.48 Å². The minimum atomic E-state index is -0.918. The summed E-state index contributed by atoms with van der Waals surface area (Å²) in [4.78, 5) is 30.4. The first kappa shape index (κ1) is 24.7. The van der Waals surface area contributed by atoms with Crippen LogP contribution >= 0.6 is 0 Å². The van der Waals surface area contributed by atoms with Gasteiger partial charge in [0.2, 0.25) is 23.4 Å². The molecule has 1 aromatic carbocycles. The maximum absolute atomic E-state index is 13.3. The van der Waals surface area contributed by atoms with Crippen molar-refractivity contribution in [3.8, 4) is 11.4 Å². The molecule has 1 atom stereocenters. The number of aromatic nitrogens is 7. The number of carbonyl (C=O) groups is 1. The Hall–Kier alpha value is -4.02. The predicted octanol–water partition coefficient (Wildman–Crippen LogP) is 4.73. The Balaban J connectivity index is 1.35. The van der Waals surface area contributed by atoms with Crippen LogP contribution in [0.1, 0.15) is 73.1 Å². The minimum absolute atomic E-state index is 0.0112. The molecule has 10 nitrogen and oxygen atoms in total. The number of halogens is 1. The number of alkyl halides is 1. The van der Waals surface area contributed by atoms with Gasteiger partial charge in [0.25, 0.3) is 0 Å². The highest BCUT2D eigenvalue weighted by Gasteiger charge is 2.30. The van der Waals surface area contributed by atoms with Crippen LogP contribution in [-0.4, -0.2) is 47.3 Å². The third kappa shape index (κ3) is 5.40. The quantitative estimate of drug-likeness (QED) is 0.268. The third-order valence-electron chi connectivity index (χ3n) is 6.64. The lowest BCUT2D eigenvalue weighted by Crippen LogP contribution is -2.20. The summed E-state index contributed by atoms with van der Waals surface area (Å²) in [5.74, 6) is 1.61. The van der Waals surface area contributed by atoms with Crippen LogP contribution in [0.3, 0.4) is 0 Å². The van der Waals surface area contributed by atoms with Gasteiger partial charge in [-0.2, -0.15) is 15.1 Å². The number of hydrogen-bond donors (Lipinski definition) is 1. The average molecular weight is 505 g/mol. The van der Waals surface area contributed by atoms with Gasteiger partial charge in [-0.05, 0) is 56.2 Å². The van der Waals surface area contributed by atoms with Crippen LogP contribution in [0.2, 0.25) is 0 Å². The summed E-state index contributed by atoms with van der Waals surface area (Å²) in [6.07, 6.45) is 7.42. The maximum atomic E-state index is 13.3. The first-order valence-corrected chi connectivity index (χ1v) is 12.3. The van der Waals surface area contributed by atoms with E-state index in [9.17, 15) is 9.18 Å². The van der Waals surface area contributed by atoms with Crippen LogP contribution in [0.15, 0.2) is 41.3 Å². The predicted molar refractivity (Wildman–Crippen MR) is 134 cm³/mol. The van der Waals surface area contributed by atoms with Crippen LogP contribution in [0, 0.1) is 0 Å². The molecule has 0 fully saturated rings. The summed E-state index contributed by atoms with van der Waals surface area (Å²) in [5, 5.41) is 11.2. The second-order valence-corrected chi connectivity index (χ2v) is 10.1. The van der Waals surface area contributed by atoms with E-state index in [2.05, 4.69) is 47.6 Å². The molecule has 0 saturated carbocycles. The number of nitrogens with one attached hydrogen (secondary N) is 1. The van der Waals surface area contributed by atoms with Gasteiger partial charge < -0.3 is 9.84 Å². The highest BCUT2D eigenvalue weighted by atomic mass is 19.1. The SMILES string of the molecule is Cn1ccc(Nc2ncnc(-c3ccc4c(c3)CCCC[C@H]4CC(=O)c3noc(C(C)(C)CF)n3)n2)n1. The largest absolute Gasteiger partial charge is 0.338 e. The molecule has 0 spiro atoms. The van der Waals surface area contributed by atoms with Gasteiger partial charge in [0, 0.05) is 31.3 Å². The van der Waals surface area contributed by atoms with Crippen molar-refractivity contribution in [2.24, 2.45) is 7.05 Å². The minimum Gasteiger partial charge on any atom is -0.338 e. The second-order valence-electron chi connectivity index (χ2n) is 10.1. The van der Waals surface area contributed by atoms with Crippen molar-refractivity contribution in [2.75, 3.05) is 12.0 Å². The maximum Gasteiger partial charge on any atom is 0.238 e. The van der Waals surface area contributed by atoms with Crippen molar-refractivity contribution >= 4 is 17.5 Å². The molecule has 1 N–H and O–H groups in total. The fraction of sp³-hybridized carbons (Fsp3) is 0.423. The summed E-state index contributed by atoms with van der Waals surface area (Å²) in [7, 11) is 1.84. The van der Waals surface area contributed by atoms with E-state index in [1.165, 1.54) is 11.9 Å². The van der Waals surface area contributed by atoms with Gasteiger partial charge in [-0.25, -0.2) is 14.4 Å². The number of benzene rings is 1. The lowest BCUT2D eigenvalue weighted by Gasteiger charge is -2.17. The van der Waals surface area contributed by atoms with E-state index >= 15 is 0 Å². The van der Waals surface area contributed by atoms with E-state index in [1.807, 2.05) is 25.4 Å². The fourth-order valence-corrected chi connectivity index (χ4v) is 4.51. The number of ketones is 1. The van der Waals surface area contributed by atoms with E-state index in [-0.39, 0.29) is 29.8 Å². The van der Waals surface area contributed by atoms with Crippen molar-refractivity contribution < 1.29 is 13.7 Å². The molecule has 0 saturated heterocycles. The number of hydrogen-bond acceptors (Lipinski definition) is 9. The molecule has 0 radical (unpaired) electrons. The Labute approximate surface area is 213 Å². The smallest absolute Gasteiger partial charge is 0.238 e.